The molecule has 3 radical (unpaired) electrons. The number of hydrogen-bond donors (Lipinski definition) is 0. The largest absolute Gasteiger partial charge is 0.257 e. The normalized spacial score (nSPS) is 9.25. The van der Waals surface area contributed by atoms with Gasteiger partial charge in [0.25, 0.3) is 0 Å². The Morgan fingerprint density at radius 3 is 1.88 bits per heavy atom. The van der Waals surface area contributed by atoms with Crippen LogP contribution in [0.15, 0.2) is 0 Å². The van der Waals surface area contributed by atoms with E-state index < -0.39 is 0 Å². The van der Waals surface area contributed by atoms with Crippen LogP contribution in [0.25, 0.3) is 0 Å². The van der Waals surface area contributed by atoms with E-state index in [0.29, 0.717) is 0 Å². The van der Waals surface area contributed by atoms with Crippen LogP contribution in [-0.4, -0.2) is 4.98 Å². The average molecular weight is 104 g/mol. The maximum atomic E-state index is 4.03. The molecule has 0 bridgehead atoms. The molecule has 0 aliphatic rings. The zero-order chi connectivity index (χ0) is 5.98. The summed E-state index contributed by atoms with van der Waals surface area (Å²) in [4.78, 5) is 4.03. The molecular formula is C7H6N. The summed E-state index contributed by atoms with van der Waals surface area (Å²) in [6.07, 6.45) is 0. The monoisotopic (exact) mass is 104 g/mol. The molecule has 1 aromatic rings. The topological polar surface area (TPSA) is 12.9 Å². The Bertz CT molecular complexity index is 164. The van der Waals surface area contributed by atoms with E-state index in [0.717, 1.165) is 11.4 Å². The first kappa shape index (κ1) is 5.29. The van der Waals surface area contributed by atoms with Crippen molar-refractivity contribution >= 4 is 0 Å². The fourth-order valence-electron chi connectivity index (χ4n) is 0.520. The van der Waals surface area contributed by atoms with Gasteiger partial charge in [-0.3, -0.25) is 4.98 Å². The van der Waals surface area contributed by atoms with Crippen LogP contribution < -0.4 is 0 Å². The minimum atomic E-state index is 0.876. The van der Waals surface area contributed by atoms with Crippen molar-refractivity contribution in [1.82, 2.24) is 4.98 Å². The molecule has 0 unspecified atom stereocenters. The quantitative estimate of drug-likeness (QED) is 0.480. The maximum absolute atomic E-state index is 4.03. The summed E-state index contributed by atoms with van der Waals surface area (Å²) in [6, 6.07) is 8.28. The molecule has 1 nitrogen and oxygen atoms in total. The molecule has 1 aromatic heterocycles. The van der Waals surface area contributed by atoms with Crippen LogP contribution in [0.3, 0.4) is 0 Å². The maximum Gasteiger partial charge on any atom is 0.0461 e. The molecule has 0 aliphatic heterocycles. The molecule has 0 saturated heterocycles. The van der Waals surface area contributed by atoms with Crippen molar-refractivity contribution < 1.29 is 0 Å². The second-order valence-corrected chi connectivity index (χ2v) is 1.66. The Labute approximate surface area is 49.4 Å². The number of pyridine rings is 1. The molecular weight excluding hydrogens is 98.1 g/mol. The van der Waals surface area contributed by atoms with E-state index in [9.17, 15) is 0 Å². The van der Waals surface area contributed by atoms with Crippen molar-refractivity contribution in [2.75, 3.05) is 0 Å². The first-order valence-corrected chi connectivity index (χ1v) is 2.45. The third-order valence-corrected chi connectivity index (χ3v) is 0.822. The van der Waals surface area contributed by atoms with Gasteiger partial charge < -0.3 is 0 Å². The highest BCUT2D eigenvalue weighted by Gasteiger charge is 1.84. The van der Waals surface area contributed by atoms with Gasteiger partial charge in [-0.15, -0.1) is 0 Å². The first-order chi connectivity index (χ1) is 3.79. The third-order valence-electron chi connectivity index (χ3n) is 0.822. The van der Waals surface area contributed by atoms with Gasteiger partial charge in [-0.1, -0.05) is 0 Å². The average Bonchev–Trinajstić information content (AvgIpc) is 1.64. The highest BCUT2D eigenvalue weighted by Crippen LogP contribution is 1.90. The van der Waals surface area contributed by atoms with E-state index in [2.05, 4.69) is 23.2 Å². The van der Waals surface area contributed by atoms with Gasteiger partial charge >= 0.3 is 0 Å². The molecule has 39 valence electrons. The molecule has 0 spiro atoms. The SMILES string of the molecule is Cc1[c][c][c]c(C)n1. The summed E-state index contributed by atoms with van der Waals surface area (Å²) in [5.74, 6) is 0. The van der Waals surface area contributed by atoms with Gasteiger partial charge in [-0.25, -0.2) is 0 Å². The van der Waals surface area contributed by atoms with Crippen molar-refractivity contribution in [2.24, 2.45) is 0 Å². The molecule has 1 heterocycles. The Hall–Kier alpha value is -0.850. The molecule has 8 heavy (non-hydrogen) atoms. The van der Waals surface area contributed by atoms with Crippen LogP contribution >= 0.6 is 0 Å². The number of hydrogen-bond acceptors (Lipinski definition) is 1. The van der Waals surface area contributed by atoms with Gasteiger partial charge in [0.05, 0.1) is 0 Å². The lowest BCUT2D eigenvalue weighted by Crippen LogP contribution is -1.83. The predicted octanol–water partition coefficient (Wildman–Crippen LogP) is 1.10. The van der Waals surface area contributed by atoms with Crippen LogP contribution in [-0.2, 0) is 0 Å². The van der Waals surface area contributed by atoms with Crippen LogP contribution in [0.1, 0.15) is 11.4 Å². The molecule has 0 aliphatic carbocycles. The van der Waals surface area contributed by atoms with Gasteiger partial charge in [0, 0.05) is 29.6 Å². The minimum Gasteiger partial charge on any atom is -0.257 e. The molecule has 0 saturated carbocycles. The molecule has 0 amide bonds. The fraction of sp³-hybridized carbons (Fsp3) is 0.286. The highest BCUT2D eigenvalue weighted by molar-refractivity contribution is 5.03. The van der Waals surface area contributed by atoms with Gasteiger partial charge in [-0.05, 0) is 13.8 Å². The zero-order valence-corrected chi connectivity index (χ0v) is 4.95. The van der Waals surface area contributed by atoms with Crippen LogP contribution in [0, 0.1) is 32.0 Å². The lowest BCUT2D eigenvalue weighted by atomic mass is 10.3. The second kappa shape index (κ2) is 1.95. The van der Waals surface area contributed by atoms with Crippen molar-refractivity contribution in [3.8, 4) is 0 Å². The molecule has 0 fully saturated rings. The summed E-state index contributed by atoms with van der Waals surface area (Å²) in [6.45, 7) is 3.77. The van der Waals surface area contributed by atoms with Crippen molar-refractivity contribution in [3.05, 3.63) is 29.6 Å². The summed E-state index contributed by atoms with van der Waals surface area (Å²) < 4.78 is 0. The molecule has 0 aromatic carbocycles. The number of nitrogens with zero attached hydrogens (tertiary/aromatic N) is 1. The standard InChI is InChI=1S/C7H6N/c1-6-4-3-5-7(2)8-6/h1-2H3. The number of aryl methyl sites for hydroxylation is 2. The molecule has 0 N–H and O–H groups in total. The lowest BCUT2D eigenvalue weighted by Gasteiger charge is -1.88. The Balaban J connectivity index is 3.08. The van der Waals surface area contributed by atoms with Crippen LogP contribution in [0.5, 0.6) is 0 Å². The Kier molecular flexibility index (Phi) is 1.29. The summed E-state index contributed by atoms with van der Waals surface area (Å²) in [5.41, 5.74) is 1.75. The predicted molar refractivity (Wildman–Crippen MR) is 30.2 cm³/mol. The van der Waals surface area contributed by atoms with E-state index in [4.69, 9.17) is 0 Å². The van der Waals surface area contributed by atoms with Crippen LogP contribution in [0.2, 0.25) is 0 Å². The summed E-state index contributed by atoms with van der Waals surface area (Å²) >= 11 is 0. The lowest BCUT2D eigenvalue weighted by molar-refractivity contribution is 1.11. The van der Waals surface area contributed by atoms with Crippen molar-refractivity contribution in [2.45, 2.75) is 13.8 Å². The van der Waals surface area contributed by atoms with Gasteiger partial charge in [0.2, 0.25) is 0 Å². The van der Waals surface area contributed by atoms with E-state index in [1.807, 2.05) is 13.8 Å². The summed E-state index contributed by atoms with van der Waals surface area (Å²) in [7, 11) is 0. The Morgan fingerprint density at radius 1 is 1.12 bits per heavy atom. The number of aromatic nitrogens is 1. The highest BCUT2D eigenvalue weighted by atomic mass is 14.7. The van der Waals surface area contributed by atoms with E-state index in [1.165, 1.54) is 0 Å². The Morgan fingerprint density at radius 2 is 1.62 bits per heavy atom. The first-order valence-electron chi connectivity index (χ1n) is 2.45. The summed E-state index contributed by atoms with van der Waals surface area (Å²) in [5, 5.41) is 0. The van der Waals surface area contributed by atoms with E-state index >= 15 is 0 Å². The molecule has 1 rings (SSSR count). The molecule has 1 heteroatoms. The fourth-order valence-corrected chi connectivity index (χ4v) is 0.520. The van der Waals surface area contributed by atoms with Crippen molar-refractivity contribution in [3.63, 3.8) is 0 Å². The third kappa shape index (κ3) is 1.06. The minimum absolute atomic E-state index is 0.876. The smallest absolute Gasteiger partial charge is 0.0461 e. The van der Waals surface area contributed by atoms with Crippen molar-refractivity contribution in [1.29, 1.82) is 0 Å². The van der Waals surface area contributed by atoms with Crippen LogP contribution in [0.4, 0.5) is 0 Å². The second-order valence-electron chi connectivity index (χ2n) is 1.66. The van der Waals surface area contributed by atoms with Gasteiger partial charge in [0.1, 0.15) is 0 Å². The van der Waals surface area contributed by atoms with E-state index in [-0.39, 0.29) is 0 Å². The zero-order valence-electron chi connectivity index (χ0n) is 4.95. The van der Waals surface area contributed by atoms with Gasteiger partial charge in [-0.2, -0.15) is 0 Å². The molecule has 0 atom stereocenters. The van der Waals surface area contributed by atoms with E-state index in [1.54, 1.807) is 0 Å². The number of rotatable bonds is 0. The van der Waals surface area contributed by atoms with Gasteiger partial charge in [0.15, 0.2) is 0 Å².